The molecule has 0 unspecified atom stereocenters. The van der Waals surface area contributed by atoms with E-state index in [4.69, 9.17) is 22.1 Å². The zero-order chi connectivity index (χ0) is 14.5. The van der Waals surface area contributed by atoms with Gasteiger partial charge in [-0.1, -0.05) is 11.6 Å². The van der Waals surface area contributed by atoms with Gasteiger partial charge in [0.05, 0.1) is 12.1 Å². The maximum Gasteiger partial charge on any atom is 0.343 e. The van der Waals surface area contributed by atoms with Crippen molar-refractivity contribution >= 4 is 23.4 Å². The van der Waals surface area contributed by atoms with E-state index >= 15 is 0 Å². The molecule has 0 aliphatic rings. The lowest BCUT2D eigenvalue weighted by Gasteiger charge is -2.05. The second kappa shape index (κ2) is 6.32. The van der Waals surface area contributed by atoms with Gasteiger partial charge in [0.1, 0.15) is 5.75 Å². The van der Waals surface area contributed by atoms with Crippen LogP contribution in [0.5, 0.6) is 5.75 Å². The molecule has 0 spiro atoms. The lowest BCUT2D eigenvalue weighted by molar-refractivity contribution is 0.0734. The van der Waals surface area contributed by atoms with Crippen LogP contribution in [-0.4, -0.2) is 18.3 Å². The molecule has 2 rings (SSSR count). The van der Waals surface area contributed by atoms with Gasteiger partial charge in [-0.15, -0.1) is 0 Å². The third kappa shape index (κ3) is 3.44. The largest absolute Gasteiger partial charge is 0.423 e. The number of nitrogens with two attached hydrogens (primary N) is 1. The van der Waals surface area contributed by atoms with E-state index in [2.05, 4.69) is 0 Å². The summed E-state index contributed by atoms with van der Waals surface area (Å²) in [6, 6.07) is 12.6. The highest BCUT2D eigenvalue weighted by Crippen LogP contribution is 2.16. The van der Waals surface area contributed by atoms with Crippen molar-refractivity contribution < 1.29 is 14.3 Å². The molecule has 5 heteroatoms. The Morgan fingerprint density at radius 2 is 1.50 bits per heavy atom. The minimum absolute atomic E-state index is 0.0517. The summed E-state index contributed by atoms with van der Waals surface area (Å²) in [5.74, 6) is -0.293. The van der Waals surface area contributed by atoms with E-state index in [1.165, 1.54) is 0 Å². The summed E-state index contributed by atoms with van der Waals surface area (Å²) in [6.07, 6.45) is 0. The minimum Gasteiger partial charge on any atom is -0.423 e. The van der Waals surface area contributed by atoms with Crippen LogP contribution in [0, 0.1) is 0 Å². The predicted octanol–water partition coefficient (Wildman–Crippen LogP) is 2.70. The number of hydrogen-bond donors (Lipinski definition) is 1. The monoisotopic (exact) mass is 289 g/mol. The Hall–Kier alpha value is -2.17. The van der Waals surface area contributed by atoms with Gasteiger partial charge in [0, 0.05) is 10.6 Å². The van der Waals surface area contributed by atoms with Crippen molar-refractivity contribution in [1.29, 1.82) is 0 Å². The molecule has 0 heterocycles. The highest BCUT2D eigenvalue weighted by atomic mass is 35.5. The summed E-state index contributed by atoms with van der Waals surface area (Å²) in [5.41, 5.74) is 6.15. The third-order valence-corrected chi connectivity index (χ3v) is 2.90. The number of Topliss-reactive ketones (excluding diaryl/α,β-unsaturated/α-hetero) is 1. The number of benzene rings is 2. The van der Waals surface area contributed by atoms with E-state index in [0.717, 1.165) is 0 Å². The molecule has 20 heavy (non-hydrogen) atoms. The lowest BCUT2D eigenvalue weighted by atomic mass is 10.1. The van der Waals surface area contributed by atoms with E-state index < -0.39 is 5.97 Å². The van der Waals surface area contributed by atoms with E-state index in [9.17, 15) is 9.59 Å². The first-order chi connectivity index (χ1) is 9.60. The molecule has 2 aromatic carbocycles. The van der Waals surface area contributed by atoms with Crippen molar-refractivity contribution in [3.05, 3.63) is 64.7 Å². The molecule has 0 fully saturated rings. The Balaban J connectivity index is 2.08. The molecule has 0 atom stereocenters. The number of hydrogen-bond acceptors (Lipinski definition) is 4. The van der Waals surface area contributed by atoms with E-state index in [-0.39, 0.29) is 12.3 Å². The van der Waals surface area contributed by atoms with Crippen LogP contribution in [0.4, 0.5) is 0 Å². The second-order valence-electron chi connectivity index (χ2n) is 4.05. The summed E-state index contributed by atoms with van der Waals surface area (Å²) in [7, 11) is 0. The molecule has 0 bridgehead atoms. The van der Waals surface area contributed by atoms with Crippen LogP contribution < -0.4 is 10.5 Å². The number of carbonyl (C=O) groups excluding carboxylic acids is 2. The first-order valence-corrected chi connectivity index (χ1v) is 6.29. The van der Waals surface area contributed by atoms with Crippen molar-refractivity contribution in [3.63, 3.8) is 0 Å². The topological polar surface area (TPSA) is 69.4 Å². The van der Waals surface area contributed by atoms with Gasteiger partial charge in [0.2, 0.25) is 0 Å². The number of esters is 1. The minimum atomic E-state index is -0.487. The molecule has 2 N–H and O–H groups in total. The average molecular weight is 290 g/mol. The Labute approximate surface area is 121 Å². The van der Waals surface area contributed by atoms with Crippen LogP contribution in [0.1, 0.15) is 20.7 Å². The Morgan fingerprint density at radius 3 is 2.05 bits per heavy atom. The fraction of sp³-hybridized carbons (Fsp3) is 0.0667. The molecular weight excluding hydrogens is 278 g/mol. The molecule has 2 aromatic rings. The number of carbonyl (C=O) groups is 2. The van der Waals surface area contributed by atoms with Gasteiger partial charge in [0.25, 0.3) is 0 Å². The molecule has 0 aliphatic heterocycles. The van der Waals surface area contributed by atoms with Crippen molar-refractivity contribution in [2.75, 3.05) is 6.54 Å². The fourth-order valence-electron chi connectivity index (χ4n) is 1.58. The molecule has 0 saturated heterocycles. The fourth-order valence-corrected chi connectivity index (χ4v) is 1.70. The van der Waals surface area contributed by atoms with E-state index in [1.807, 2.05) is 0 Å². The number of ether oxygens (including phenoxy) is 1. The maximum absolute atomic E-state index is 11.8. The lowest BCUT2D eigenvalue weighted by Crippen LogP contribution is -2.13. The van der Waals surface area contributed by atoms with Gasteiger partial charge in [-0.05, 0) is 48.5 Å². The zero-order valence-corrected chi connectivity index (χ0v) is 11.3. The van der Waals surface area contributed by atoms with Crippen LogP contribution >= 0.6 is 11.6 Å². The molecule has 102 valence electrons. The number of rotatable bonds is 4. The number of ketones is 1. The predicted molar refractivity (Wildman–Crippen MR) is 76.2 cm³/mol. The van der Waals surface area contributed by atoms with Crippen molar-refractivity contribution in [1.82, 2.24) is 0 Å². The Bertz CT molecular complexity index is 621. The van der Waals surface area contributed by atoms with Crippen LogP contribution in [-0.2, 0) is 0 Å². The molecule has 4 nitrogen and oxygen atoms in total. The molecule has 0 radical (unpaired) electrons. The van der Waals surface area contributed by atoms with Gasteiger partial charge >= 0.3 is 5.97 Å². The SMILES string of the molecule is NCC(=O)c1ccc(OC(=O)c2ccc(Cl)cc2)cc1. The number of halogens is 1. The summed E-state index contributed by atoms with van der Waals surface area (Å²) in [4.78, 5) is 23.2. The highest BCUT2D eigenvalue weighted by Gasteiger charge is 2.09. The Kier molecular flexibility index (Phi) is 4.50. The summed E-state index contributed by atoms with van der Waals surface area (Å²) < 4.78 is 5.18. The summed E-state index contributed by atoms with van der Waals surface area (Å²) in [5, 5.41) is 0.547. The van der Waals surface area contributed by atoms with Gasteiger partial charge in [-0.2, -0.15) is 0 Å². The molecule has 0 amide bonds. The zero-order valence-electron chi connectivity index (χ0n) is 10.5. The normalized spacial score (nSPS) is 10.1. The van der Waals surface area contributed by atoms with Crippen LogP contribution in [0.15, 0.2) is 48.5 Å². The molecule has 0 saturated carbocycles. The quantitative estimate of drug-likeness (QED) is 0.534. The first kappa shape index (κ1) is 14.2. The van der Waals surface area contributed by atoms with Gasteiger partial charge < -0.3 is 10.5 Å². The Morgan fingerprint density at radius 1 is 0.950 bits per heavy atom. The van der Waals surface area contributed by atoms with Crippen molar-refractivity contribution in [2.24, 2.45) is 5.73 Å². The van der Waals surface area contributed by atoms with Crippen LogP contribution in [0.2, 0.25) is 5.02 Å². The second-order valence-corrected chi connectivity index (χ2v) is 4.48. The molecular formula is C15H12ClNO3. The van der Waals surface area contributed by atoms with E-state index in [0.29, 0.717) is 21.9 Å². The smallest absolute Gasteiger partial charge is 0.343 e. The van der Waals surface area contributed by atoms with E-state index in [1.54, 1.807) is 48.5 Å². The van der Waals surface area contributed by atoms with Crippen molar-refractivity contribution in [2.45, 2.75) is 0 Å². The molecule has 0 aromatic heterocycles. The summed E-state index contributed by atoms with van der Waals surface area (Å²) >= 11 is 5.74. The highest BCUT2D eigenvalue weighted by molar-refractivity contribution is 6.30. The van der Waals surface area contributed by atoms with Crippen molar-refractivity contribution in [3.8, 4) is 5.75 Å². The van der Waals surface area contributed by atoms with Gasteiger partial charge in [-0.3, -0.25) is 4.79 Å². The van der Waals surface area contributed by atoms with Gasteiger partial charge in [-0.25, -0.2) is 4.79 Å². The summed E-state index contributed by atoms with van der Waals surface area (Å²) in [6.45, 7) is -0.0517. The molecule has 0 aliphatic carbocycles. The van der Waals surface area contributed by atoms with Crippen LogP contribution in [0.25, 0.3) is 0 Å². The van der Waals surface area contributed by atoms with Crippen LogP contribution in [0.3, 0.4) is 0 Å². The third-order valence-electron chi connectivity index (χ3n) is 2.65. The average Bonchev–Trinajstić information content (AvgIpc) is 2.48. The standard InChI is InChI=1S/C15H12ClNO3/c16-12-5-1-11(2-6-12)15(19)20-13-7-3-10(4-8-13)14(18)9-17/h1-8H,9,17H2. The first-order valence-electron chi connectivity index (χ1n) is 5.91. The maximum atomic E-state index is 11.8. The van der Waals surface area contributed by atoms with Gasteiger partial charge in [0.15, 0.2) is 5.78 Å².